The van der Waals surface area contributed by atoms with Crippen LogP contribution in [-0.4, -0.2) is 64.8 Å². The fourth-order valence-electron chi connectivity index (χ4n) is 4.53. The fraction of sp³-hybridized carbons (Fsp3) is 0.522. The number of nitrogens with zero attached hydrogens (tertiary/aromatic N) is 2. The lowest BCUT2D eigenvalue weighted by Crippen LogP contribution is -2.63. The molecule has 12 heteroatoms. The monoisotopic (exact) mass is 528 g/mol. The first-order valence-corrected chi connectivity index (χ1v) is 13.3. The van der Waals surface area contributed by atoms with Crippen molar-refractivity contribution in [2.24, 2.45) is 0 Å². The van der Waals surface area contributed by atoms with Gasteiger partial charge in [-0.05, 0) is 50.1 Å². The molecule has 0 bridgehead atoms. The number of benzene rings is 1. The number of alkyl halides is 3. The molecule has 2 fully saturated rings. The molecular weight excluding hydrogens is 501 g/mol. The van der Waals surface area contributed by atoms with E-state index < -0.39 is 23.2 Å². The fourth-order valence-corrected chi connectivity index (χ4v) is 6.09. The SMILES string of the molecule is CSc1ncc(C2(O)CCC(N(C(=O)CNC(=O)c3cccc(C(F)(F)F)c3)C3CNC3)CC2)s1. The largest absolute Gasteiger partial charge is 0.416 e. The van der Waals surface area contributed by atoms with E-state index >= 15 is 0 Å². The van der Waals surface area contributed by atoms with E-state index in [-0.39, 0.29) is 30.1 Å². The van der Waals surface area contributed by atoms with Crippen molar-refractivity contribution in [3.63, 3.8) is 0 Å². The van der Waals surface area contributed by atoms with Gasteiger partial charge in [0.05, 0.1) is 23.0 Å². The van der Waals surface area contributed by atoms with Crippen molar-refractivity contribution in [1.29, 1.82) is 0 Å². The summed E-state index contributed by atoms with van der Waals surface area (Å²) >= 11 is 3.01. The molecule has 35 heavy (non-hydrogen) atoms. The predicted octanol–water partition coefficient (Wildman–Crippen LogP) is 3.24. The summed E-state index contributed by atoms with van der Waals surface area (Å²) in [5.74, 6) is -1.02. The first-order valence-electron chi connectivity index (χ1n) is 11.3. The third-order valence-corrected chi connectivity index (χ3v) is 8.78. The first kappa shape index (κ1) is 25.9. The van der Waals surface area contributed by atoms with Crippen molar-refractivity contribution < 1.29 is 27.9 Å². The second-order valence-corrected chi connectivity index (χ2v) is 10.9. The van der Waals surface area contributed by atoms with Crippen LogP contribution in [0.1, 0.15) is 46.5 Å². The maximum Gasteiger partial charge on any atom is 0.416 e. The Hall–Kier alpha value is -2.15. The molecule has 1 saturated carbocycles. The quantitative estimate of drug-likeness (QED) is 0.478. The highest BCUT2D eigenvalue weighted by Crippen LogP contribution is 2.42. The molecule has 2 aliphatic rings. The van der Waals surface area contributed by atoms with Crippen LogP contribution in [0.3, 0.4) is 0 Å². The number of carbonyl (C=O) groups is 2. The molecule has 0 radical (unpaired) electrons. The Labute approximate surface area is 209 Å². The minimum Gasteiger partial charge on any atom is -0.384 e. The van der Waals surface area contributed by atoms with E-state index in [9.17, 15) is 27.9 Å². The number of rotatable bonds is 7. The minimum atomic E-state index is -4.56. The van der Waals surface area contributed by atoms with Crippen LogP contribution in [0.4, 0.5) is 13.2 Å². The highest BCUT2D eigenvalue weighted by molar-refractivity contribution is 8.00. The molecule has 0 unspecified atom stereocenters. The molecule has 2 heterocycles. The number of amides is 2. The van der Waals surface area contributed by atoms with Crippen LogP contribution < -0.4 is 10.6 Å². The summed E-state index contributed by atoms with van der Waals surface area (Å²) in [5.41, 5.74) is -2.03. The van der Waals surface area contributed by atoms with Gasteiger partial charge in [0.1, 0.15) is 9.94 Å². The number of carbonyl (C=O) groups excluding carboxylic acids is 2. The van der Waals surface area contributed by atoms with Gasteiger partial charge in [0.25, 0.3) is 5.91 Å². The molecule has 1 aromatic heterocycles. The zero-order chi connectivity index (χ0) is 25.2. The first-order chi connectivity index (χ1) is 16.6. The van der Waals surface area contributed by atoms with Gasteiger partial charge in [-0.3, -0.25) is 9.59 Å². The summed E-state index contributed by atoms with van der Waals surface area (Å²) in [6.45, 7) is 0.971. The predicted molar refractivity (Wildman–Crippen MR) is 127 cm³/mol. The lowest BCUT2D eigenvalue weighted by Gasteiger charge is -2.46. The number of thioether (sulfide) groups is 1. The van der Waals surface area contributed by atoms with Crippen LogP contribution in [0.2, 0.25) is 0 Å². The van der Waals surface area contributed by atoms with Crippen LogP contribution in [0, 0.1) is 0 Å². The van der Waals surface area contributed by atoms with Gasteiger partial charge in [0, 0.05) is 30.9 Å². The summed E-state index contributed by atoms with van der Waals surface area (Å²) in [4.78, 5) is 32.5. The van der Waals surface area contributed by atoms with Gasteiger partial charge in [0.15, 0.2) is 0 Å². The summed E-state index contributed by atoms with van der Waals surface area (Å²) in [6, 6.07) is 4.01. The minimum absolute atomic E-state index is 0.0179. The molecule has 190 valence electrons. The van der Waals surface area contributed by atoms with E-state index in [0.29, 0.717) is 38.8 Å². The number of aromatic nitrogens is 1. The van der Waals surface area contributed by atoms with Crippen LogP contribution in [-0.2, 0) is 16.6 Å². The Bertz CT molecular complexity index is 1070. The van der Waals surface area contributed by atoms with Crippen molar-refractivity contribution in [3.05, 3.63) is 46.5 Å². The topological polar surface area (TPSA) is 94.6 Å². The number of thiazole rings is 1. The Kier molecular flexibility index (Phi) is 7.74. The maximum atomic E-state index is 13.1. The van der Waals surface area contributed by atoms with Gasteiger partial charge in [0.2, 0.25) is 5.91 Å². The molecule has 1 saturated heterocycles. The zero-order valence-electron chi connectivity index (χ0n) is 19.1. The lowest BCUT2D eigenvalue weighted by atomic mass is 9.80. The van der Waals surface area contributed by atoms with Crippen molar-refractivity contribution in [1.82, 2.24) is 20.5 Å². The number of aliphatic hydroxyl groups is 1. The molecule has 2 amide bonds. The molecule has 1 aromatic carbocycles. The Morgan fingerprint density at radius 3 is 2.57 bits per heavy atom. The molecule has 7 nitrogen and oxygen atoms in total. The molecule has 1 aliphatic carbocycles. The van der Waals surface area contributed by atoms with Gasteiger partial charge in [-0.25, -0.2) is 4.98 Å². The van der Waals surface area contributed by atoms with Crippen molar-refractivity contribution in [2.75, 3.05) is 25.9 Å². The van der Waals surface area contributed by atoms with E-state index in [1.165, 1.54) is 35.2 Å². The highest BCUT2D eigenvalue weighted by atomic mass is 32.2. The lowest BCUT2D eigenvalue weighted by molar-refractivity contribution is -0.139. The Morgan fingerprint density at radius 2 is 2.00 bits per heavy atom. The van der Waals surface area contributed by atoms with Crippen molar-refractivity contribution in [2.45, 2.75) is 53.9 Å². The molecule has 0 atom stereocenters. The second-order valence-electron chi connectivity index (χ2n) is 8.83. The summed E-state index contributed by atoms with van der Waals surface area (Å²) < 4.78 is 39.8. The second kappa shape index (κ2) is 10.5. The van der Waals surface area contributed by atoms with Gasteiger partial charge < -0.3 is 20.6 Å². The van der Waals surface area contributed by atoms with Crippen LogP contribution >= 0.6 is 23.1 Å². The molecule has 2 aromatic rings. The molecule has 3 N–H and O–H groups in total. The maximum absolute atomic E-state index is 13.1. The molecule has 1 aliphatic heterocycles. The van der Waals surface area contributed by atoms with E-state index in [4.69, 9.17) is 0 Å². The molecule has 0 spiro atoms. The molecular formula is C23H27F3N4O3S2. The number of halogens is 3. The third kappa shape index (κ3) is 5.82. The van der Waals surface area contributed by atoms with Gasteiger partial charge in [-0.15, -0.1) is 11.3 Å². The van der Waals surface area contributed by atoms with E-state index in [2.05, 4.69) is 15.6 Å². The van der Waals surface area contributed by atoms with Crippen molar-refractivity contribution in [3.8, 4) is 0 Å². The third-order valence-electron chi connectivity index (χ3n) is 6.59. The summed E-state index contributed by atoms with van der Waals surface area (Å²) in [5, 5.41) is 16.8. The Balaban J connectivity index is 1.38. The average Bonchev–Trinajstić information content (AvgIpc) is 3.30. The number of hydrogen-bond acceptors (Lipinski definition) is 7. The summed E-state index contributed by atoms with van der Waals surface area (Å²) in [6.07, 6.45) is 1.30. The number of hydrogen-bond donors (Lipinski definition) is 3. The highest BCUT2D eigenvalue weighted by Gasteiger charge is 2.42. The normalized spacial score (nSPS) is 22.9. The van der Waals surface area contributed by atoms with Crippen LogP contribution in [0.5, 0.6) is 0 Å². The average molecular weight is 529 g/mol. The Morgan fingerprint density at radius 1 is 1.29 bits per heavy atom. The van der Waals surface area contributed by atoms with E-state index in [1.54, 1.807) is 11.1 Å². The van der Waals surface area contributed by atoms with E-state index in [1.807, 2.05) is 6.26 Å². The number of nitrogens with one attached hydrogen (secondary N) is 2. The standard InChI is InChI=1S/C23H27F3N4O3S2/c1-34-21-29-12-18(35-21)22(33)7-5-16(6-8-22)30(17-10-27-11-17)19(31)13-28-20(32)14-3-2-4-15(9-14)23(24,25)26/h2-4,9,12,16-17,27,33H,5-8,10-11,13H2,1H3,(H,28,32). The van der Waals surface area contributed by atoms with Crippen LogP contribution in [0.15, 0.2) is 34.8 Å². The van der Waals surface area contributed by atoms with E-state index in [0.717, 1.165) is 21.3 Å². The van der Waals surface area contributed by atoms with Crippen molar-refractivity contribution >= 4 is 34.9 Å². The van der Waals surface area contributed by atoms with Gasteiger partial charge in [-0.2, -0.15) is 13.2 Å². The van der Waals surface area contributed by atoms with Gasteiger partial charge in [-0.1, -0.05) is 17.8 Å². The smallest absolute Gasteiger partial charge is 0.384 e. The summed E-state index contributed by atoms with van der Waals surface area (Å²) in [7, 11) is 0. The van der Waals surface area contributed by atoms with Gasteiger partial charge >= 0.3 is 6.18 Å². The zero-order valence-corrected chi connectivity index (χ0v) is 20.7. The molecule has 4 rings (SSSR count). The van der Waals surface area contributed by atoms with Crippen LogP contribution in [0.25, 0.3) is 0 Å².